The zero-order valence-electron chi connectivity index (χ0n) is 21.0. The van der Waals surface area contributed by atoms with E-state index in [-0.39, 0.29) is 41.6 Å². The van der Waals surface area contributed by atoms with Crippen molar-refractivity contribution in [1.29, 1.82) is 0 Å². The van der Waals surface area contributed by atoms with Crippen molar-refractivity contribution in [2.75, 3.05) is 0 Å². The first kappa shape index (κ1) is 28.2. The van der Waals surface area contributed by atoms with Crippen LogP contribution in [0.4, 0.5) is 4.79 Å². The average Bonchev–Trinajstić information content (AvgIpc) is 2.84. The summed E-state index contributed by atoms with van der Waals surface area (Å²) in [4.78, 5) is 42.0. The van der Waals surface area contributed by atoms with Crippen LogP contribution in [-0.4, -0.2) is 27.2 Å². The summed E-state index contributed by atoms with van der Waals surface area (Å²) in [5.74, 6) is -0.368. The number of nitrogens with zero attached hydrogens (tertiary/aromatic N) is 2. The third-order valence-corrected chi connectivity index (χ3v) is 5.94. The van der Waals surface area contributed by atoms with Crippen LogP contribution in [0, 0.1) is 0 Å². The standard InChI is InChI=1S/C27H30Cl2N4O4/c1-27(2,3)37-26(36)32-16-18-7-8-20(28)14-19(18)17-31-24(34)15-22-23(29)10-13-33(25(22)35)12-9-21-6-4-5-11-30-21/h4-8,10-11,13-14H,9,12,15-17H2,1-3H3,(H,31,34)(H,32,36). The zero-order chi connectivity index (χ0) is 27.0. The number of aromatic nitrogens is 2. The van der Waals surface area contributed by atoms with Crippen molar-refractivity contribution < 1.29 is 14.3 Å². The molecule has 0 saturated heterocycles. The Labute approximate surface area is 226 Å². The van der Waals surface area contributed by atoms with Gasteiger partial charge in [0.2, 0.25) is 5.91 Å². The first-order chi connectivity index (χ1) is 17.5. The van der Waals surface area contributed by atoms with E-state index in [1.807, 2.05) is 18.2 Å². The van der Waals surface area contributed by atoms with Crippen LogP contribution in [0.2, 0.25) is 10.0 Å². The molecule has 10 heteroatoms. The molecule has 0 radical (unpaired) electrons. The minimum atomic E-state index is -0.614. The second-order valence-corrected chi connectivity index (χ2v) is 10.3. The first-order valence-electron chi connectivity index (χ1n) is 11.8. The number of halogens is 2. The van der Waals surface area contributed by atoms with E-state index in [1.165, 1.54) is 4.57 Å². The number of alkyl carbamates (subject to hydrolysis) is 1. The number of ether oxygens (including phenoxy) is 1. The molecule has 0 bridgehead atoms. The molecule has 2 N–H and O–H groups in total. The molecule has 0 saturated carbocycles. The van der Waals surface area contributed by atoms with Crippen LogP contribution in [0.1, 0.15) is 43.2 Å². The van der Waals surface area contributed by atoms with Crippen molar-refractivity contribution in [2.45, 2.75) is 58.8 Å². The molecule has 0 atom stereocenters. The number of aryl methyl sites for hydroxylation is 2. The van der Waals surface area contributed by atoms with Crippen molar-refractivity contribution in [3.05, 3.63) is 97.6 Å². The molecule has 0 fully saturated rings. The van der Waals surface area contributed by atoms with E-state index in [2.05, 4.69) is 15.6 Å². The number of carbonyl (C=O) groups is 2. The molecule has 8 nitrogen and oxygen atoms in total. The minimum Gasteiger partial charge on any atom is -0.444 e. The largest absolute Gasteiger partial charge is 0.444 e. The van der Waals surface area contributed by atoms with Crippen molar-refractivity contribution in [3.8, 4) is 0 Å². The predicted molar refractivity (Wildman–Crippen MR) is 144 cm³/mol. The minimum absolute atomic E-state index is 0.156. The molecule has 0 aliphatic rings. The van der Waals surface area contributed by atoms with Crippen LogP contribution >= 0.6 is 23.2 Å². The zero-order valence-corrected chi connectivity index (χ0v) is 22.5. The Hall–Kier alpha value is -3.36. The van der Waals surface area contributed by atoms with Crippen molar-refractivity contribution >= 4 is 35.2 Å². The summed E-state index contributed by atoms with van der Waals surface area (Å²) in [5.41, 5.74) is 1.65. The fraction of sp³-hybridized carbons (Fsp3) is 0.333. The van der Waals surface area contributed by atoms with E-state index in [0.29, 0.717) is 18.0 Å². The Morgan fingerprint density at radius 2 is 1.78 bits per heavy atom. The van der Waals surface area contributed by atoms with Gasteiger partial charge in [0.05, 0.1) is 11.4 Å². The van der Waals surface area contributed by atoms with E-state index in [0.717, 1.165) is 16.8 Å². The van der Waals surface area contributed by atoms with E-state index in [4.69, 9.17) is 27.9 Å². The van der Waals surface area contributed by atoms with Gasteiger partial charge in [-0.1, -0.05) is 35.3 Å². The average molecular weight is 545 g/mol. The lowest BCUT2D eigenvalue weighted by Crippen LogP contribution is -2.33. The van der Waals surface area contributed by atoms with Crippen molar-refractivity contribution in [3.63, 3.8) is 0 Å². The quantitative estimate of drug-likeness (QED) is 0.407. The molecule has 1 aromatic carbocycles. The highest BCUT2D eigenvalue weighted by molar-refractivity contribution is 6.31. The fourth-order valence-corrected chi connectivity index (χ4v) is 3.94. The van der Waals surface area contributed by atoms with Crippen LogP contribution in [-0.2, 0) is 42.0 Å². The first-order valence-corrected chi connectivity index (χ1v) is 12.6. The number of nitrogens with one attached hydrogen (secondary N) is 2. The van der Waals surface area contributed by atoms with E-state index < -0.39 is 11.7 Å². The Bertz CT molecular complexity index is 1300. The smallest absolute Gasteiger partial charge is 0.407 e. The SMILES string of the molecule is CC(C)(C)OC(=O)NCc1ccc(Cl)cc1CNC(=O)Cc1c(Cl)ccn(CCc2ccccn2)c1=O. The highest BCUT2D eigenvalue weighted by Gasteiger charge is 2.17. The Kier molecular flexibility index (Phi) is 9.72. The number of hydrogen-bond donors (Lipinski definition) is 2. The van der Waals surface area contributed by atoms with Crippen LogP contribution < -0.4 is 16.2 Å². The summed E-state index contributed by atoms with van der Waals surface area (Å²) < 4.78 is 6.80. The topological polar surface area (TPSA) is 102 Å². The monoisotopic (exact) mass is 544 g/mol. The lowest BCUT2D eigenvalue weighted by Gasteiger charge is -2.20. The number of pyridine rings is 2. The van der Waals surface area contributed by atoms with Gasteiger partial charge in [0.1, 0.15) is 5.60 Å². The van der Waals surface area contributed by atoms with Gasteiger partial charge in [-0.15, -0.1) is 0 Å². The maximum Gasteiger partial charge on any atom is 0.407 e. The van der Waals surface area contributed by atoms with E-state index in [1.54, 1.807) is 57.4 Å². The fourth-order valence-electron chi connectivity index (χ4n) is 3.55. The van der Waals surface area contributed by atoms with Gasteiger partial charge in [0, 0.05) is 54.7 Å². The number of amides is 2. The van der Waals surface area contributed by atoms with Crippen LogP contribution in [0.5, 0.6) is 0 Å². The second-order valence-electron chi connectivity index (χ2n) is 9.43. The van der Waals surface area contributed by atoms with Crippen LogP contribution in [0.3, 0.4) is 0 Å². The molecule has 3 aromatic rings. The molecule has 2 aromatic heterocycles. The highest BCUT2D eigenvalue weighted by atomic mass is 35.5. The number of rotatable bonds is 9. The molecule has 2 heterocycles. The summed E-state index contributed by atoms with van der Waals surface area (Å²) in [6, 6.07) is 12.4. The Balaban J connectivity index is 1.63. The highest BCUT2D eigenvalue weighted by Crippen LogP contribution is 2.17. The van der Waals surface area contributed by atoms with Gasteiger partial charge in [-0.25, -0.2) is 4.79 Å². The number of carbonyl (C=O) groups excluding carboxylic acids is 2. The second kappa shape index (κ2) is 12.7. The summed E-state index contributed by atoms with van der Waals surface area (Å²) in [6.45, 7) is 6.11. The molecule has 0 aliphatic heterocycles. The molecule has 0 spiro atoms. The van der Waals surface area contributed by atoms with Gasteiger partial charge in [0.25, 0.3) is 5.56 Å². The van der Waals surface area contributed by atoms with Crippen LogP contribution in [0.25, 0.3) is 0 Å². The Morgan fingerprint density at radius 3 is 2.49 bits per heavy atom. The summed E-state index contributed by atoms with van der Waals surface area (Å²) in [5, 5.41) is 6.25. The molecule has 0 unspecified atom stereocenters. The maximum atomic E-state index is 13.0. The van der Waals surface area contributed by atoms with Crippen molar-refractivity contribution in [2.24, 2.45) is 0 Å². The molecular weight excluding hydrogens is 515 g/mol. The molecule has 0 aliphatic carbocycles. The third kappa shape index (κ3) is 8.91. The number of benzene rings is 1. The Morgan fingerprint density at radius 1 is 1.03 bits per heavy atom. The lowest BCUT2D eigenvalue weighted by atomic mass is 10.1. The van der Waals surface area contributed by atoms with Gasteiger partial charge in [-0.05, 0) is 62.2 Å². The molecule has 37 heavy (non-hydrogen) atoms. The lowest BCUT2D eigenvalue weighted by molar-refractivity contribution is -0.120. The predicted octanol–water partition coefficient (Wildman–Crippen LogP) is 4.68. The maximum absolute atomic E-state index is 13.0. The van der Waals surface area contributed by atoms with Gasteiger partial charge in [-0.2, -0.15) is 0 Å². The van der Waals surface area contributed by atoms with Gasteiger partial charge in [0.15, 0.2) is 0 Å². The number of hydrogen-bond acceptors (Lipinski definition) is 5. The van der Waals surface area contributed by atoms with E-state index >= 15 is 0 Å². The molecule has 3 rings (SSSR count). The van der Waals surface area contributed by atoms with Gasteiger partial charge < -0.3 is 19.9 Å². The molecular formula is C27H30Cl2N4O4. The normalized spacial score (nSPS) is 11.2. The molecule has 2 amide bonds. The third-order valence-electron chi connectivity index (χ3n) is 5.35. The summed E-state index contributed by atoms with van der Waals surface area (Å²) in [6.07, 6.45) is 3.17. The van der Waals surface area contributed by atoms with Crippen molar-refractivity contribution in [1.82, 2.24) is 20.2 Å². The van der Waals surface area contributed by atoms with Gasteiger partial charge >= 0.3 is 6.09 Å². The molecule has 196 valence electrons. The summed E-state index contributed by atoms with van der Waals surface area (Å²) in [7, 11) is 0. The van der Waals surface area contributed by atoms with Crippen LogP contribution in [0.15, 0.2) is 59.7 Å². The van der Waals surface area contributed by atoms with Gasteiger partial charge in [-0.3, -0.25) is 14.6 Å². The van der Waals surface area contributed by atoms with E-state index in [9.17, 15) is 14.4 Å². The summed E-state index contributed by atoms with van der Waals surface area (Å²) >= 11 is 12.4.